The van der Waals surface area contributed by atoms with E-state index in [1.54, 1.807) is 4.98 Å². The Kier molecular flexibility index (Phi) is 5.70. The fourth-order valence-electron chi connectivity index (χ4n) is 1.93. The van der Waals surface area contributed by atoms with Crippen LogP contribution in [0.5, 0.6) is 0 Å². The number of alkyl halides is 3. The summed E-state index contributed by atoms with van der Waals surface area (Å²) >= 11 is 0. The molecule has 2 atom stereocenters. The van der Waals surface area contributed by atoms with Crippen LogP contribution in [0.25, 0.3) is 0 Å². The Morgan fingerprint density at radius 3 is 2.48 bits per heavy atom. The maximum absolute atomic E-state index is 12.6. The van der Waals surface area contributed by atoms with Gasteiger partial charge in [-0.3, -0.25) is 14.3 Å². The van der Waals surface area contributed by atoms with Crippen molar-refractivity contribution in [1.29, 1.82) is 0 Å². The number of halogens is 3. The summed E-state index contributed by atoms with van der Waals surface area (Å²) < 4.78 is 43.6. The van der Waals surface area contributed by atoms with Crippen LogP contribution >= 0.6 is 0 Å². The van der Waals surface area contributed by atoms with Gasteiger partial charge in [0.25, 0.3) is 5.56 Å². The van der Waals surface area contributed by atoms with Gasteiger partial charge in [0.1, 0.15) is 11.8 Å². The first-order chi connectivity index (χ1) is 9.82. The minimum absolute atomic E-state index is 0.277. The molecule has 0 spiro atoms. The van der Waals surface area contributed by atoms with Gasteiger partial charge in [0.15, 0.2) is 0 Å². The van der Waals surface area contributed by atoms with Crippen LogP contribution in [-0.4, -0.2) is 39.6 Å². The number of hydrogen-bond donors (Lipinski definition) is 3. The maximum atomic E-state index is 12.6. The molecular weight excluding hydrogens is 297 g/mol. The quantitative estimate of drug-likeness (QED) is 0.703. The normalized spacial score (nSPS) is 21.8. The summed E-state index contributed by atoms with van der Waals surface area (Å²) in [4.78, 5) is 24.2. The number of aliphatic hydroxyl groups excluding tert-OH is 2. The summed E-state index contributed by atoms with van der Waals surface area (Å²) in [6.45, 7) is -0.277. The van der Waals surface area contributed by atoms with E-state index in [1.165, 1.54) is 0 Å². The Labute approximate surface area is 116 Å². The average molecular weight is 312 g/mol. The van der Waals surface area contributed by atoms with Crippen molar-refractivity contribution in [3.05, 3.63) is 32.6 Å². The summed E-state index contributed by atoms with van der Waals surface area (Å²) in [6.07, 6.45) is -5.12. The minimum atomic E-state index is -4.85. The highest BCUT2D eigenvalue weighted by Crippen LogP contribution is 2.29. The molecule has 0 aliphatic carbocycles. The molecule has 0 bridgehead atoms. The smallest absolute Gasteiger partial charge is 0.400 e. The van der Waals surface area contributed by atoms with Crippen molar-refractivity contribution < 1.29 is 28.1 Å². The Bertz CT molecular complexity index is 580. The van der Waals surface area contributed by atoms with Gasteiger partial charge in [-0.1, -0.05) is 0 Å². The van der Waals surface area contributed by atoms with Crippen LogP contribution in [-0.2, 0) is 10.9 Å². The molecule has 0 unspecified atom stereocenters. The molecule has 1 aliphatic rings. The van der Waals surface area contributed by atoms with Crippen LogP contribution in [0.2, 0.25) is 0 Å². The zero-order chi connectivity index (χ0) is 16.2. The Balaban J connectivity index is 0.00000106. The average Bonchev–Trinajstić information content (AvgIpc) is 2.88. The monoisotopic (exact) mass is 312 g/mol. The fourth-order valence-corrected chi connectivity index (χ4v) is 1.93. The number of nitrogens with one attached hydrogen (secondary N) is 1. The lowest BCUT2D eigenvalue weighted by Gasteiger charge is -2.16. The van der Waals surface area contributed by atoms with Gasteiger partial charge in [-0.15, -0.1) is 0 Å². The minimum Gasteiger partial charge on any atom is -0.400 e. The van der Waals surface area contributed by atoms with E-state index in [0.29, 0.717) is 17.2 Å². The van der Waals surface area contributed by atoms with Crippen LogP contribution in [0, 0.1) is 0 Å². The Hall–Kier alpha value is -1.65. The van der Waals surface area contributed by atoms with E-state index in [-0.39, 0.29) is 13.0 Å². The lowest BCUT2D eigenvalue weighted by Crippen LogP contribution is -2.36. The second kappa shape index (κ2) is 6.87. The first-order valence-electron chi connectivity index (χ1n) is 5.96. The van der Waals surface area contributed by atoms with E-state index >= 15 is 0 Å². The number of nitrogens with zero attached hydrogens (tertiary/aromatic N) is 1. The fraction of sp³-hybridized carbons (Fsp3) is 0.636. The first-order valence-corrected chi connectivity index (χ1v) is 5.96. The van der Waals surface area contributed by atoms with Crippen LogP contribution < -0.4 is 11.2 Å². The van der Waals surface area contributed by atoms with Gasteiger partial charge in [-0.05, 0) is 12.8 Å². The molecule has 1 fully saturated rings. The number of aromatic amines is 1. The number of aliphatic hydroxyl groups is 2. The molecule has 0 amide bonds. The molecule has 10 heteroatoms. The molecule has 120 valence electrons. The molecule has 2 rings (SSSR count). The van der Waals surface area contributed by atoms with Gasteiger partial charge in [-0.2, -0.15) is 13.2 Å². The van der Waals surface area contributed by atoms with E-state index in [4.69, 9.17) is 14.9 Å². The van der Waals surface area contributed by atoms with Crippen LogP contribution in [0.3, 0.4) is 0 Å². The lowest BCUT2D eigenvalue weighted by molar-refractivity contribution is -0.139. The van der Waals surface area contributed by atoms with E-state index in [0.717, 1.165) is 7.11 Å². The highest BCUT2D eigenvalue weighted by molar-refractivity contribution is 5.09. The van der Waals surface area contributed by atoms with E-state index < -0.39 is 35.3 Å². The molecule has 1 aromatic heterocycles. The van der Waals surface area contributed by atoms with Crippen molar-refractivity contribution in [2.75, 3.05) is 13.7 Å². The summed E-state index contributed by atoms with van der Waals surface area (Å²) in [5.41, 5.74) is -3.91. The van der Waals surface area contributed by atoms with Crippen molar-refractivity contribution in [2.45, 2.75) is 31.3 Å². The second-order valence-electron chi connectivity index (χ2n) is 4.18. The van der Waals surface area contributed by atoms with Crippen molar-refractivity contribution in [2.24, 2.45) is 0 Å². The highest BCUT2D eigenvalue weighted by atomic mass is 19.4. The molecule has 2 heterocycles. The van der Waals surface area contributed by atoms with Crippen LogP contribution in [0.4, 0.5) is 13.2 Å². The Morgan fingerprint density at radius 2 is 2.00 bits per heavy atom. The number of H-pyrrole nitrogens is 1. The molecule has 0 aromatic carbocycles. The predicted molar refractivity (Wildman–Crippen MR) is 64.7 cm³/mol. The third-order valence-electron chi connectivity index (χ3n) is 2.87. The molecule has 1 aliphatic heterocycles. The number of hydrogen-bond acceptors (Lipinski definition) is 5. The molecule has 21 heavy (non-hydrogen) atoms. The van der Waals surface area contributed by atoms with Gasteiger partial charge < -0.3 is 14.9 Å². The van der Waals surface area contributed by atoms with Gasteiger partial charge in [0.2, 0.25) is 0 Å². The van der Waals surface area contributed by atoms with Crippen molar-refractivity contribution in [3.63, 3.8) is 0 Å². The standard InChI is InChI=1S/C10H11F3N2O4.CH4O/c11-10(12,13)6-3-15(9(18)14-8(6)17)7-2-1-5(4-16)19-7;1-2/h3,5,7,16H,1-2,4H2,(H,14,17,18);2H,1H3/t5-,7+;/m0./s1. The molecule has 7 nitrogen and oxygen atoms in total. The highest BCUT2D eigenvalue weighted by Gasteiger charge is 2.36. The molecule has 0 radical (unpaired) electrons. The van der Waals surface area contributed by atoms with Gasteiger partial charge in [-0.25, -0.2) is 4.79 Å². The zero-order valence-electron chi connectivity index (χ0n) is 11.1. The topological polar surface area (TPSA) is 105 Å². The van der Waals surface area contributed by atoms with E-state index in [9.17, 15) is 22.8 Å². The molecule has 1 saturated heterocycles. The third-order valence-corrected chi connectivity index (χ3v) is 2.87. The molecule has 0 saturated carbocycles. The number of rotatable bonds is 2. The summed E-state index contributed by atoms with van der Waals surface area (Å²) in [5, 5.41) is 15.9. The number of ether oxygens (including phenoxy) is 1. The van der Waals surface area contributed by atoms with Crippen molar-refractivity contribution >= 4 is 0 Å². The molecular formula is C11H15F3N2O5. The van der Waals surface area contributed by atoms with Gasteiger partial charge in [0.05, 0.1) is 12.7 Å². The molecule has 1 aromatic rings. The van der Waals surface area contributed by atoms with Crippen molar-refractivity contribution in [1.82, 2.24) is 9.55 Å². The summed E-state index contributed by atoms with van der Waals surface area (Å²) in [5.74, 6) is 0. The van der Waals surface area contributed by atoms with Gasteiger partial charge >= 0.3 is 11.9 Å². The largest absolute Gasteiger partial charge is 0.423 e. The zero-order valence-corrected chi connectivity index (χ0v) is 11.1. The Morgan fingerprint density at radius 1 is 1.38 bits per heavy atom. The van der Waals surface area contributed by atoms with Gasteiger partial charge in [0, 0.05) is 13.3 Å². The third kappa shape index (κ3) is 3.93. The summed E-state index contributed by atoms with van der Waals surface area (Å²) in [7, 11) is 1.00. The predicted octanol–water partition coefficient (Wildman–Crippen LogP) is -0.166. The van der Waals surface area contributed by atoms with E-state index in [2.05, 4.69) is 0 Å². The molecule has 3 N–H and O–H groups in total. The van der Waals surface area contributed by atoms with Crippen LogP contribution in [0.1, 0.15) is 24.6 Å². The van der Waals surface area contributed by atoms with Crippen LogP contribution in [0.15, 0.2) is 15.8 Å². The first kappa shape index (κ1) is 17.4. The SMILES string of the molecule is CO.O=c1[nH]c(=O)n([C@H]2CC[C@@H](CO)O2)cc1C(F)(F)F. The van der Waals surface area contributed by atoms with E-state index in [1.807, 2.05) is 0 Å². The lowest BCUT2D eigenvalue weighted by atomic mass is 10.2. The maximum Gasteiger partial charge on any atom is 0.423 e. The second-order valence-corrected chi connectivity index (χ2v) is 4.18. The number of aromatic nitrogens is 2. The summed E-state index contributed by atoms with van der Waals surface area (Å²) in [6, 6.07) is 0. The van der Waals surface area contributed by atoms with Crippen molar-refractivity contribution in [3.8, 4) is 0 Å².